The molecule has 2 aromatic rings. The van der Waals surface area contributed by atoms with Crippen LogP contribution in [0.4, 0.5) is 4.79 Å². The lowest BCUT2D eigenvalue weighted by Gasteiger charge is -2.40. The third kappa shape index (κ3) is 4.20. The third-order valence-electron chi connectivity index (χ3n) is 5.14. The van der Waals surface area contributed by atoms with Gasteiger partial charge in [-0.1, -0.05) is 67.1 Å². The molecule has 0 bridgehead atoms. The maximum atomic E-state index is 11.3. The van der Waals surface area contributed by atoms with Crippen LogP contribution in [0.25, 0.3) is 0 Å². The number of nitrogens with one attached hydrogen (secondary N) is 1. The molecule has 1 fully saturated rings. The van der Waals surface area contributed by atoms with Gasteiger partial charge in [-0.3, -0.25) is 0 Å². The minimum atomic E-state index is -0.977. The Hall–Kier alpha value is -2.33. The van der Waals surface area contributed by atoms with Gasteiger partial charge in [0.1, 0.15) is 0 Å². The van der Waals surface area contributed by atoms with E-state index in [-0.39, 0.29) is 0 Å². The first kappa shape index (κ1) is 17.5. The number of likely N-dealkylation sites (tertiary alicyclic amines) is 1. The third-order valence-corrected chi connectivity index (χ3v) is 5.14. The molecule has 25 heavy (non-hydrogen) atoms. The first-order valence-electron chi connectivity index (χ1n) is 9.01. The fourth-order valence-electron chi connectivity index (χ4n) is 3.85. The average Bonchev–Trinajstić information content (AvgIpc) is 2.67. The van der Waals surface area contributed by atoms with Crippen LogP contribution in [0, 0.1) is 0 Å². The van der Waals surface area contributed by atoms with E-state index in [2.05, 4.69) is 34.5 Å². The molecule has 3 rings (SSSR count). The maximum absolute atomic E-state index is 11.3. The van der Waals surface area contributed by atoms with Gasteiger partial charge in [0.15, 0.2) is 0 Å². The van der Waals surface area contributed by atoms with Crippen LogP contribution in [0.15, 0.2) is 60.7 Å². The summed E-state index contributed by atoms with van der Waals surface area (Å²) in [5, 5.41) is 11.9. The lowest BCUT2D eigenvalue weighted by Crippen LogP contribution is -2.50. The number of hydrogen-bond donors (Lipinski definition) is 2. The van der Waals surface area contributed by atoms with E-state index in [1.165, 1.54) is 19.3 Å². The normalized spacial score (nSPS) is 15.7. The van der Waals surface area contributed by atoms with Crippen molar-refractivity contribution in [2.75, 3.05) is 26.2 Å². The van der Waals surface area contributed by atoms with Crippen LogP contribution in [-0.2, 0) is 5.41 Å². The van der Waals surface area contributed by atoms with Crippen LogP contribution >= 0.6 is 0 Å². The molecule has 0 saturated carbocycles. The molecular weight excluding hydrogens is 312 g/mol. The molecular formula is C21H26N2O2. The molecule has 1 aliphatic rings. The van der Waals surface area contributed by atoms with Crippen molar-refractivity contribution in [1.82, 2.24) is 10.2 Å². The molecule has 2 N–H and O–H groups in total. The Labute approximate surface area is 149 Å². The summed E-state index contributed by atoms with van der Waals surface area (Å²) in [5.74, 6) is 0. The molecule has 1 aliphatic heterocycles. The second-order valence-corrected chi connectivity index (χ2v) is 6.81. The first-order valence-corrected chi connectivity index (χ1v) is 9.01. The number of nitrogens with zero attached hydrogens (tertiary/aromatic N) is 1. The highest BCUT2D eigenvalue weighted by molar-refractivity contribution is 5.65. The second-order valence-electron chi connectivity index (χ2n) is 6.81. The van der Waals surface area contributed by atoms with Crippen molar-refractivity contribution in [2.24, 2.45) is 0 Å². The van der Waals surface area contributed by atoms with Crippen LogP contribution in [-0.4, -0.2) is 42.3 Å². The Balaban J connectivity index is 2.03. The fraction of sp³-hybridized carbons (Fsp3) is 0.381. The van der Waals surface area contributed by atoms with Gasteiger partial charge in [0, 0.05) is 13.1 Å². The van der Waals surface area contributed by atoms with Gasteiger partial charge in [0.25, 0.3) is 0 Å². The standard InChI is InChI=1S/C21H26N2O2/c24-20(25)22-16-21(18-10-4-1-5-11-18,19-12-6-2-7-13-19)17-23-14-8-3-9-15-23/h1-2,4-7,10-13,22H,3,8-9,14-17H2,(H,24,25). The summed E-state index contributed by atoms with van der Waals surface area (Å²) in [7, 11) is 0. The molecule has 4 heteroatoms. The van der Waals surface area contributed by atoms with Gasteiger partial charge in [-0.15, -0.1) is 0 Å². The lowest BCUT2D eigenvalue weighted by atomic mass is 9.73. The molecule has 0 spiro atoms. The highest BCUT2D eigenvalue weighted by atomic mass is 16.4. The molecule has 0 unspecified atom stereocenters. The van der Waals surface area contributed by atoms with E-state index in [1.54, 1.807) is 0 Å². The van der Waals surface area contributed by atoms with Crippen LogP contribution in [0.5, 0.6) is 0 Å². The van der Waals surface area contributed by atoms with Crippen molar-refractivity contribution in [1.29, 1.82) is 0 Å². The SMILES string of the molecule is O=C(O)NCC(CN1CCCCC1)(c1ccccc1)c1ccccc1. The van der Waals surface area contributed by atoms with E-state index in [4.69, 9.17) is 0 Å². The molecule has 1 amide bonds. The predicted octanol–water partition coefficient (Wildman–Crippen LogP) is 3.73. The zero-order chi connectivity index (χ0) is 17.5. The summed E-state index contributed by atoms with van der Waals surface area (Å²) in [6, 6.07) is 20.6. The zero-order valence-electron chi connectivity index (χ0n) is 14.5. The maximum Gasteiger partial charge on any atom is 0.404 e. The van der Waals surface area contributed by atoms with E-state index in [9.17, 15) is 9.90 Å². The topological polar surface area (TPSA) is 52.6 Å². The highest BCUT2D eigenvalue weighted by Gasteiger charge is 2.36. The highest BCUT2D eigenvalue weighted by Crippen LogP contribution is 2.34. The Morgan fingerprint density at radius 3 is 1.92 bits per heavy atom. The molecule has 0 aliphatic carbocycles. The number of rotatable bonds is 6. The Morgan fingerprint density at radius 1 is 0.920 bits per heavy atom. The summed E-state index contributed by atoms with van der Waals surface area (Å²) in [6.45, 7) is 3.34. The van der Waals surface area contributed by atoms with Gasteiger partial charge in [-0.25, -0.2) is 4.79 Å². The van der Waals surface area contributed by atoms with E-state index in [0.29, 0.717) is 6.54 Å². The quantitative estimate of drug-likeness (QED) is 0.844. The molecule has 132 valence electrons. The molecule has 4 nitrogen and oxygen atoms in total. The van der Waals surface area contributed by atoms with Gasteiger partial charge >= 0.3 is 6.09 Å². The van der Waals surface area contributed by atoms with E-state index in [0.717, 1.165) is 30.8 Å². The van der Waals surface area contributed by atoms with Crippen LogP contribution < -0.4 is 5.32 Å². The number of amides is 1. The van der Waals surface area contributed by atoms with Crippen molar-refractivity contribution in [3.8, 4) is 0 Å². The van der Waals surface area contributed by atoms with Gasteiger partial charge in [0.2, 0.25) is 0 Å². The monoisotopic (exact) mass is 338 g/mol. The molecule has 0 atom stereocenters. The molecule has 0 radical (unpaired) electrons. The zero-order valence-corrected chi connectivity index (χ0v) is 14.5. The molecule has 1 heterocycles. The largest absolute Gasteiger partial charge is 0.465 e. The molecule has 1 saturated heterocycles. The van der Waals surface area contributed by atoms with Crippen molar-refractivity contribution in [3.05, 3.63) is 71.8 Å². The minimum absolute atomic E-state index is 0.368. The van der Waals surface area contributed by atoms with Crippen LogP contribution in [0.3, 0.4) is 0 Å². The van der Waals surface area contributed by atoms with Crippen molar-refractivity contribution in [2.45, 2.75) is 24.7 Å². The number of hydrogen-bond acceptors (Lipinski definition) is 2. The van der Waals surface area contributed by atoms with E-state index < -0.39 is 11.5 Å². The summed E-state index contributed by atoms with van der Waals surface area (Å²) in [4.78, 5) is 13.8. The van der Waals surface area contributed by atoms with Crippen LogP contribution in [0.1, 0.15) is 30.4 Å². The minimum Gasteiger partial charge on any atom is -0.465 e. The molecule has 2 aromatic carbocycles. The number of carbonyl (C=O) groups is 1. The number of carboxylic acid groups (broad SMARTS) is 1. The van der Waals surface area contributed by atoms with Gasteiger partial charge in [-0.2, -0.15) is 0 Å². The summed E-state index contributed by atoms with van der Waals surface area (Å²) < 4.78 is 0. The summed E-state index contributed by atoms with van der Waals surface area (Å²) in [5.41, 5.74) is 1.92. The Kier molecular flexibility index (Phi) is 5.71. The van der Waals surface area contributed by atoms with E-state index >= 15 is 0 Å². The number of benzene rings is 2. The van der Waals surface area contributed by atoms with Gasteiger partial charge in [0.05, 0.1) is 5.41 Å². The fourth-order valence-corrected chi connectivity index (χ4v) is 3.85. The number of piperidine rings is 1. The lowest BCUT2D eigenvalue weighted by molar-refractivity contribution is 0.175. The molecule has 0 aromatic heterocycles. The van der Waals surface area contributed by atoms with E-state index in [1.807, 2.05) is 36.4 Å². The first-order chi connectivity index (χ1) is 12.2. The van der Waals surface area contributed by atoms with Gasteiger partial charge < -0.3 is 15.3 Å². The van der Waals surface area contributed by atoms with Crippen molar-refractivity contribution in [3.63, 3.8) is 0 Å². The Bertz CT molecular complexity index is 627. The van der Waals surface area contributed by atoms with Crippen molar-refractivity contribution < 1.29 is 9.90 Å². The van der Waals surface area contributed by atoms with Crippen LogP contribution in [0.2, 0.25) is 0 Å². The van der Waals surface area contributed by atoms with Crippen molar-refractivity contribution >= 4 is 6.09 Å². The summed E-state index contributed by atoms with van der Waals surface area (Å²) in [6.07, 6.45) is 2.74. The average molecular weight is 338 g/mol. The Morgan fingerprint density at radius 2 is 1.44 bits per heavy atom. The summed E-state index contributed by atoms with van der Waals surface area (Å²) >= 11 is 0. The predicted molar refractivity (Wildman–Crippen MR) is 100.0 cm³/mol. The smallest absolute Gasteiger partial charge is 0.404 e. The second kappa shape index (κ2) is 8.17. The van der Waals surface area contributed by atoms with Gasteiger partial charge in [-0.05, 0) is 37.1 Å².